The van der Waals surface area contributed by atoms with Gasteiger partial charge in [0.15, 0.2) is 0 Å². The van der Waals surface area contributed by atoms with E-state index in [1.807, 2.05) is 0 Å². The van der Waals surface area contributed by atoms with Gasteiger partial charge in [-0.25, -0.2) is 4.98 Å². The molecule has 94 valence electrons. The molecule has 0 amide bonds. The van der Waals surface area contributed by atoms with Gasteiger partial charge in [-0.2, -0.15) is 0 Å². The molecule has 5 nitrogen and oxygen atoms in total. The zero-order chi connectivity index (χ0) is 11.9. The van der Waals surface area contributed by atoms with Gasteiger partial charge in [0.1, 0.15) is 5.82 Å². The van der Waals surface area contributed by atoms with Crippen LogP contribution in [0.2, 0.25) is 0 Å². The van der Waals surface area contributed by atoms with Crippen molar-refractivity contribution in [2.45, 2.75) is 37.8 Å². The average Bonchev–Trinajstić information content (AvgIpc) is 2.68. The summed E-state index contributed by atoms with van der Waals surface area (Å²) in [5, 5.41) is 9.40. The average molecular weight is 237 g/mol. The van der Waals surface area contributed by atoms with E-state index in [4.69, 9.17) is 10.5 Å². The smallest absolute Gasteiger partial charge is 0.121 e. The number of aliphatic hydroxyl groups excluding tert-OH is 1. The molecule has 0 aromatic carbocycles. The molecule has 0 atom stereocenters. The molecule has 1 aromatic heterocycles. The molecule has 0 bridgehead atoms. The maximum absolute atomic E-state index is 9.40. The van der Waals surface area contributed by atoms with Crippen LogP contribution in [-0.4, -0.2) is 34.4 Å². The van der Waals surface area contributed by atoms with Crippen molar-refractivity contribution in [2.24, 2.45) is 5.73 Å². The molecule has 3 heterocycles. The van der Waals surface area contributed by atoms with Gasteiger partial charge in [-0.3, -0.25) is 0 Å². The normalized spacial score (nSPS) is 22.0. The van der Waals surface area contributed by atoms with Crippen molar-refractivity contribution >= 4 is 0 Å². The molecular weight excluding hydrogens is 218 g/mol. The number of nitrogens with zero attached hydrogens (tertiary/aromatic N) is 2. The zero-order valence-corrected chi connectivity index (χ0v) is 9.98. The monoisotopic (exact) mass is 237 g/mol. The number of hydrogen-bond donors (Lipinski definition) is 2. The molecule has 0 radical (unpaired) electrons. The number of rotatable bonds is 3. The van der Waals surface area contributed by atoms with Gasteiger partial charge in [-0.15, -0.1) is 0 Å². The first-order valence-corrected chi connectivity index (χ1v) is 6.28. The first kappa shape index (κ1) is 11.2. The maximum atomic E-state index is 9.40. The third-order valence-electron chi connectivity index (χ3n) is 3.97. The summed E-state index contributed by atoms with van der Waals surface area (Å²) in [4.78, 5) is 4.63. The molecule has 2 aliphatic heterocycles. The molecule has 2 aliphatic rings. The van der Waals surface area contributed by atoms with E-state index in [0.717, 1.165) is 24.5 Å². The fourth-order valence-electron chi connectivity index (χ4n) is 2.84. The molecule has 1 saturated heterocycles. The third kappa shape index (κ3) is 1.53. The Bertz CT molecular complexity index is 418. The van der Waals surface area contributed by atoms with Crippen molar-refractivity contribution in [1.82, 2.24) is 9.55 Å². The van der Waals surface area contributed by atoms with E-state index in [-0.39, 0.29) is 12.0 Å². The van der Waals surface area contributed by atoms with Crippen LogP contribution in [0.4, 0.5) is 0 Å². The number of aliphatic hydroxyl groups is 1. The summed E-state index contributed by atoms with van der Waals surface area (Å²) in [5.41, 5.74) is 7.81. The van der Waals surface area contributed by atoms with Gasteiger partial charge in [0.25, 0.3) is 0 Å². The van der Waals surface area contributed by atoms with E-state index in [0.29, 0.717) is 19.8 Å². The molecule has 1 aromatic rings. The van der Waals surface area contributed by atoms with E-state index >= 15 is 0 Å². The summed E-state index contributed by atoms with van der Waals surface area (Å²) in [6, 6.07) is 0. The van der Waals surface area contributed by atoms with Crippen LogP contribution < -0.4 is 5.73 Å². The van der Waals surface area contributed by atoms with Crippen molar-refractivity contribution in [3.8, 4) is 0 Å². The topological polar surface area (TPSA) is 73.3 Å². The fourth-order valence-corrected chi connectivity index (χ4v) is 2.84. The second-order valence-electron chi connectivity index (χ2n) is 5.07. The van der Waals surface area contributed by atoms with Crippen LogP contribution in [0.25, 0.3) is 0 Å². The minimum absolute atomic E-state index is 0.0246. The highest BCUT2D eigenvalue weighted by Gasteiger charge is 2.44. The van der Waals surface area contributed by atoms with E-state index in [9.17, 15) is 5.11 Å². The summed E-state index contributed by atoms with van der Waals surface area (Å²) < 4.78 is 7.59. The predicted molar refractivity (Wildman–Crippen MR) is 62.6 cm³/mol. The van der Waals surface area contributed by atoms with E-state index < -0.39 is 0 Å². The molecule has 0 aliphatic carbocycles. The Hall–Kier alpha value is -0.910. The van der Waals surface area contributed by atoms with Gasteiger partial charge in [-0.05, 0) is 19.3 Å². The van der Waals surface area contributed by atoms with Crippen LogP contribution in [0.15, 0.2) is 0 Å². The number of aromatic nitrogens is 2. The molecule has 0 spiro atoms. The number of imidazole rings is 1. The van der Waals surface area contributed by atoms with Crippen molar-refractivity contribution in [3.05, 3.63) is 17.2 Å². The highest BCUT2D eigenvalue weighted by molar-refractivity contribution is 5.26. The minimum atomic E-state index is -0.112. The summed E-state index contributed by atoms with van der Waals surface area (Å²) in [6.45, 7) is 2.90. The molecule has 0 saturated carbocycles. The maximum Gasteiger partial charge on any atom is 0.121 e. The van der Waals surface area contributed by atoms with E-state index in [1.165, 1.54) is 18.5 Å². The molecule has 1 fully saturated rings. The highest BCUT2D eigenvalue weighted by Crippen LogP contribution is 2.34. The van der Waals surface area contributed by atoms with Crippen LogP contribution in [0, 0.1) is 0 Å². The van der Waals surface area contributed by atoms with E-state index in [1.54, 1.807) is 0 Å². The Balaban J connectivity index is 2.07. The Morgan fingerprint density at radius 3 is 2.82 bits per heavy atom. The van der Waals surface area contributed by atoms with Crippen molar-refractivity contribution in [2.75, 3.05) is 19.8 Å². The first-order valence-electron chi connectivity index (χ1n) is 6.28. The molecule has 3 N–H and O–H groups in total. The van der Waals surface area contributed by atoms with Crippen molar-refractivity contribution in [3.63, 3.8) is 0 Å². The summed E-state index contributed by atoms with van der Waals surface area (Å²) in [6.07, 6.45) is 3.39. The molecule has 0 unspecified atom stereocenters. The zero-order valence-electron chi connectivity index (χ0n) is 9.98. The van der Waals surface area contributed by atoms with Gasteiger partial charge < -0.3 is 20.1 Å². The van der Waals surface area contributed by atoms with Crippen molar-refractivity contribution < 1.29 is 9.84 Å². The lowest BCUT2D eigenvalue weighted by Gasteiger charge is -2.40. The second-order valence-corrected chi connectivity index (χ2v) is 5.07. The third-order valence-corrected chi connectivity index (χ3v) is 3.97. The largest absolute Gasteiger partial charge is 0.390 e. The van der Waals surface area contributed by atoms with Crippen LogP contribution in [-0.2, 0) is 29.7 Å². The lowest BCUT2D eigenvalue weighted by molar-refractivity contribution is -0.0612. The van der Waals surface area contributed by atoms with Gasteiger partial charge in [0.2, 0.25) is 0 Å². The number of fused-ring (bicyclic) bond motifs is 1. The Kier molecular flexibility index (Phi) is 2.69. The first-order chi connectivity index (χ1) is 8.30. The van der Waals surface area contributed by atoms with Crippen LogP contribution in [0.5, 0.6) is 0 Å². The Labute approximate surface area is 101 Å². The standard InChI is InChI=1S/C12H19N3O2/c13-6-12(7-17-8-12)11-14-9(5-16)10-3-1-2-4-15(10)11/h16H,1-8,13H2. The second kappa shape index (κ2) is 4.08. The van der Waals surface area contributed by atoms with Crippen LogP contribution in [0.3, 0.4) is 0 Å². The summed E-state index contributed by atoms with van der Waals surface area (Å²) in [5.74, 6) is 1.03. The number of nitrogens with two attached hydrogens (primary N) is 1. The molecule has 5 heteroatoms. The van der Waals surface area contributed by atoms with Gasteiger partial charge in [0.05, 0.1) is 30.9 Å². The lowest BCUT2D eigenvalue weighted by Crippen LogP contribution is -2.54. The number of ether oxygens (including phenoxy) is 1. The SMILES string of the molecule is NCC1(c2nc(CO)c3n2CCCC3)COC1. The summed E-state index contributed by atoms with van der Waals surface area (Å²) in [7, 11) is 0. The number of hydrogen-bond acceptors (Lipinski definition) is 4. The van der Waals surface area contributed by atoms with Crippen LogP contribution >= 0.6 is 0 Å². The van der Waals surface area contributed by atoms with Gasteiger partial charge in [0, 0.05) is 18.8 Å². The highest BCUT2D eigenvalue weighted by atomic mass is 16.5. The fraction of sp³-hybridized carbons (Fsp3) is 0.750. The predicted octanol–water partition coefficient (Wildman–Crippen LogP) is -0.0616. The molecule has 3 rings (SSSR count). The van der Waals surface area contributed by atoms with Gasteiger partial charge in [-0.1, -0.05) is 0 Å². The molecular formula is C12H19N3O2. The van der Waals surface area contributed by atoms with Gasteiger partial charge >= 0.3 is 0 Å². The lowest BCUT2D eigenvalue weighted by atomic mass is 9.85. The Morgan fingerprint density at radius 2 is 2.24 bits per heavy atom. The van der Waals surface area contributed by atoms with Crippen LogP contribution in [0.1, 0.15) is 30.1 Å². The Morgan fingerprint density at radius 1 is 1.41 bits per heavy atom. The minimum Gasteiger partial charge on any atom is -0.390 e. The molecule has 17 heavy (non-hydrogen) atoms. The van der Waals surface area contributed by atoms with Crippen molar-refractivity contribution in [1.29, 1.82) is 0 Å². The summed E-state index contributed by atoms with van der Waals surface area (Å²) >= 11 is 0. The quantitative estimate of drug-likeness (QED) is 0.772. The van der Waals surface area contributed by atoms with E-state index in [2.05, 4.69) is 9.55 Å².